The molecule has 0 fully saturated rings. The molecule has 8 heteroatoms. The molecule has 16 heavy (non-hydrogen) atoms. The third-order valence-corrected chi connectivity index (χ3v) is 1.94. The topological polar surface area (TPSA) is 32.9 Å². The second-order valence-electron chi connectivity index (χ2n) is 3.03. The van der Waals surface area contributed by atoms with E-state index in [-0.39, 0.29) is 6.20 Å². The van der Waals surface area contributed by atoms with E-state index in [1.54, 1.807) is 0 Å². The predicted molar refractivity (Wildman–Crippen MR) is 41.8 cm³/mol. The summed E-state index contributed by atoms with van der Waals surface area (Å²) in [5.74, 6) is 0. The van der Waals surface area contributed by atoms with Crippen molar-refractivity contribution in [3.8, 4) is 0 Å². The fourth-order valence-corrected chi connectivity index (χ4v) is 1.26. The molecule has 1 N–H and O–H groups in total. The van der Waals surface area contributed by atoms with Gasteiger partial charge >= 0.3 is 12.4 Å². The largest absolute Gasteiger partial charge is 0.421 e. The third kappa shape index (κ3) is 2.20. The maximum absolute atomic E-state index is 12.3. The zero-order valence-corrected chi connectivity index (χ0v) is 7.75. The first-order valence-electron chi connectivity index (χ1n) is 3.92. The van der Waals surface area contributed by atoms with Crippen LogP contribution >= 0.6 is 0 Å². The van der Waals surface area contributed by atoms with Crippen LogP contribution in [0.5, 0.6) is 0 Å². The summed E-state index contributed by atoms with van der Waals surface area (Å²) in [6, 6.07) is 0. The van der Waals surface area contributed by atoms with Crippen LogP contribution in [0.1, 0.15) is 16.7 Å². The van der Waals surface area contributed by atoms with Gasteiger partial charge in [-0.25, -0.2) is 0 Å². The molecule has 0 aromatic carbocycles. The fraction of sp³-hybridized carbons (Fsp3) is 0.375. The van der Waals surface area contributed by atoms with Crippen LogP contribution in [0.15, 0.2) is 11.0 Å². The summed E-state index contributed by atoms with van der Waals surface area (Å²) in [7, 11) is 0. The van der Waals surface area contributed by atoms with E-state index in [1.807, 2.05) is 0 Å². The van der Waals surface area contributed by atoms with Crippen LogP contribution in [0.2, 0.25) is 0 Å². The molecule has 0 amide bonds. The van der Waals surface area contributed by atoms with E-state index in [9.17, 15) is 31.1 Å². The standard InChI is InChI=1S/C8H5F6NO/c1-3-4(7(9,10)11)2-15-6(16)5(3)8(12,13)14/h2H,1H3,(H,15,16). The maximum Gasteiger partial charge on any atom is 0.421 e. The van der Waals surface area contributed by atoms with Gasteiger partial charge in [0.15, 0.2) is 0 Å². The Labute approximate surface area is 84.9 Å². The van der Waals surface area contributed by atoms with Crippen LogP contribution in [0.3, 0.4) is 0 Å². The Morgan fingerprint density at radius 2 is 1.56 bits per heavy atom. The van der Waals surface area contributed by atoms with Crippen molar-refractivity contribution in [3.63, 3.8) is 0 Å². The van der Waals surface area contributed by atoms with Gasteiger partial charge in [-0.2, -0.15) is 26.3 Å². The number of hydrogen-bond acceptors (Lipinski definition) is 1. The van der Waals surface area contributed by atoms with Gasteiger partial charge in [0.05, 0.1) is 5.56 Å². The van der Waals surface area contributed by atoms with E-state index in [2.05, 4.69) is 0 Å². The highest BCUT2D eigenvalue weighted by Gasteiger charge is 2.41. The number of pyridine rings is 1. The number of aromatic nitrogens is 1. The molecule has 0 radical (unpaired) electrons. The number of H-pyrrole nitrogens is 1. The lowest BCUT2D eigenvalue weighted by atomic mass is 10.1. The van der Waals surface area contributed by atoms with E-state index < -0.39 is 34.6 Å². The van der Waals surface area contributed by atoms with Gasteiger partial charge in [-0.15, -0.1) is 0 Å². The van der Waals surface area contributed by atoms with Crippen molar-refractivity contribution >= 4 is 0 Å². The van der Waals surface area contributed by atoms with Gasteiger partial charge in [0, 0.05) is 6.20 Å². The Morgan fingerprint density at radius 3 is 1.94 bits per heavy atom. The smallest absolute Gasteiger partial charge is 0.328 e. The van der Waals surface area contributed by atoms with Gasteiger partial charge in [0.25, 0.3) is 5.56 Å². The number of alkyl halides is 6. The SMILES string of the molecule is Cc1c(C(F)(F)F)c[nH]c(=O)c1C(F)(F)F. The second-order valence-corrected chi connectivity index (χ2v) is 3.03. The zero-order chi connectivity index (χ0) is 12.7. The Kier molecular flexibility index (Phi) is 2.78. The quantitative estimate of drug-likeness (QED) is 0.700. The summed E-state index contributed by atoms with van der Waals surface area (Å²) < 4.78 is 73.6. The summed E-state index contributed by atoms with van der Waals surface area (Å²) in [4.78, 5) is 12.2. The molecule has 0 spiro atoms. The summed E-state index contributed by atoms with van der Waals surface area (Å²) in [6.45, 7) is 0.612. The second kappa shape index (κ2) is 3.53. The minimum atomic E-state index is -5.11. The van der Waals surface area contributed by atoms with Crippen molar-refractivity contribution in [1.82, 2.24) is 4.98 Å². The number of rotatable bonds is 0. The van der Waals surface area contributed by atoms with Crippen molar-refractivity contribution in [2.45, 2.75) is 19.3 Å². The molecule has 1 heterocycles. The molecule has 1 aromatic heterocycles. The van der Waals surface area contributed by atoms with Gasteiger partial charge in [-0.3, -0.25) is 4.79 Å². The first kappa shape index (κ1) is 12.6. The molecule has 1 rings (SSSR count). The summed E-state index contributed by atoms with van der Waals surface area (Å²) in [5, 5.41) is 0. The van der Waals surface area contributed by atoms with E-state index >= 15 is 0 Å². The first-order chi connectivity index (χ1) is 7.05. The highest BCUT2D eigenvalue weighted by Crippen LogP contribution is 2.36. The molecule has 0 aliphatic carbocycles. The van der Waals surface area contributed by atoms with E-state index in [4.69, 9.17) is 0 Å². The van der Waals surface area contributed by atoms with Crippen LogP contribution in [0.25, 0.3) is 0 Å². The lowest BCUT2D eigenvalue weighted by Gasteiger charge is -2.14. The van der Waals surface area contributed by atoms with Crippen molar-refractivity contribution in [2.75, 3.05) is 0 Å². The molecule has 90 valence electrons. The molecular formula is C8H5F6NO. The number of nitrogens with one attached hydrogen (secondary N) is 1. The highest BCUT2D eigenvalue weighted by atomic mass is 19.4. The Balaban J connectivity index is 3.59. The molecule has 0 bridgehead atoms. The molecule has 0 saturated heterocycles. The Bertz CT molecular complexity index is 455. The van der Waals surface area contributed by atoms with Crippen LogP contribution in [0, 0.1) is 6.92 Å². The average Bonchev–Trinajstić information content (AvgIpc) is 1.97. The molecule has 2 nitrogen and oxygen atoms in total. The zero-order valence-electron chi connectivity index (χ0n) is 7.75. The Hall–Kier alpha value is -1.47. The Morgan fingerprint density at radius 1 is 1.06 bits per heavy atom. The lowest BCUT2D eigenvalue weighted by Crippen LogP contribution is -2.26. The number of halogens is 6. The molecule has 0 atom stereocenters. The van der Waals surface area contributed by atoms with Crippen LogP contribution in [0.4, 0.5) is 26.3 Å². The maximum atomic E-state index is 12.3. The van der Waals surface area contributed by atoms with E-state index in [1.165, 1.54) is 4.98 Å². The molecule has 0 aliphatic rings. The van der Waals surface area contributed by atoms with Crippen LogP contribution in [-0.4, -0.2) is 4.98 Å². The van der Waals surface area contributed by atoms with E-state index in [0.717, 1.165) is 0 Å². The normalized spacial score (nSPS) is 12.9. The summed E-state index contributed by atoms with van der Waals surface area (Å²) >= 11 is 0. The van der Waals surface area contributed by atoms with Gasteiger partial charge < -0.3 is 4.98 Å². The monoisotopic (exact) mass is 245 g/mol. The fourth-order valence-electron chi connectivity index (χ4n) is 1.26. The molecule has 0 aliphatic heterocycles. The van der Waals surface area contributed by atoms with Gasteiger partial charge in [0.1, 0.15) is 5.56 Å². The van der Waals surface area contributed by atoms with Gasteiger partial charge in [0.2, 0.25) is 0 Å². The first-order valence-corrected chi connectivity index (χ1v) is 3.92. The van der Waals surface area contributed by atoms with Crippen molar-refractivity contribution in [3.05, 3.63) is 33.2 Å². The third-order valence-electron chi connectivity index (χ3n) is 1.94. The molecular weight excluding hydrogens is 240 g/mol. The van der Waals surface area contributed by atoms with Gasteiger partial charge in [-0.1, -0.05) is 0 Å². The molecule has 0 saturated carbocycles. The van der Waals surface area contributed by atoms with Crippen molar-refractivity contribution < 1.29 is 26.3 Å². The van der Waals surface area contributed by atoms with Crippen molar-refractivity contribution in [1.29, 1.82) is 0 Å². The lowest BCUT2D eigenvalue weighted by molar-refractivity contribution is -0.145. The van der Waals surface area contributed by atoms with Gasteiger partial charge in [-0.05, 0) is 12.5 Å². The number of hydrogen-bond donors (Lipinski definition) is 1. The highest BCUT2D eigenvalue weighted by molar-refractivity contribution is 5.34. The van der Waals surface area contributed by atoms with E-state index in [0.29, 0.717) is 6.92 Å². The summed E-state index contributed by atoms with van der Waals surface area (Å²) in [5.41, 5.74) is -6.02. The average molecular weight is 245 g/mol. The van der Waals surface area contributed by atoms with Crippen LogP contribution < -0.4 is 5.56 Å². The minimum absolute atomic E-state index is 0.229. The predicted octanol–water partition coefficient (Wildman–Crippen LogP) is 2.72. The number of aromatic amines is 1. The molecule has 1 aromatic rings. The van der Waals surface area contributed by atoms with Crippen LogP contribution in [-0.2, 0) is 12.4 Å². The van der Waals surface area contributed by atoms with Crippen molar-refractivity contribution in [2.24, 2.45) is 0 Å². The molecule has 0 unspecified atom stereocenters. The summed E-state index contributed by atoms with van der Waals surface area (Å²) in [6.07, 6.45) is -9.82. The minimum Gasteiger partial charge on any atom is -0.328 e.